The van der Waals surface area contributed by atoms with Crippen molar-refractivity contribution < 1.29 is 0 Å². The second-order valence-corrected chi connectivity index (χ2v) is 5.93. The van der Waals surface area contributed by atoms with Gasteiger partial charge in [-0.05, 0) is 27.8 Å². The Morgan fingerprint density at radius 1 is 1.21 bits per heavy atom. The highest BCUT2D eigenvalue weighted by Gasteiger charge is 2.30. The van der Waals surface area contributed by atoms with E-state index in [2.05, 4.69) is 55.1 Å². The molecule has 0 aliphatic carbocycles. The lowest BCUT2D eigenvalue weighted by Crippen LogP contribution is -2.30. The average molecular weight is 254 g/mol. The number of rotatable bonds is 3. The maximum absolute atomic E-state index is 6.02. The molecule has 2 nitrogen and oxygen atoms in total. The van der Waals surface area contributed by atoms with Crippen molar-refractivity contribution in [3.05, 3.63) is 47.5 Å². The Morgan fingerprint density at radius 2 is 2.00 bits per heavy atom. The monoisotopic (exact) mass is 254 g/mol. The van der Waals surface area contributed by atoms with E-state index in [1.165, 1.54) is 21.9 Å². The molecule has 2 heteroatoms. The van der Waals surface area contributed by atoms with Gasteiger partial charge in [0.2, 0.25) is 0 Å². The molecule has 1 unspecified atom stereocenters. The van der Waals surface area contributed by atoms with E-state index >= 15 is 0 Å². The molecule has 2 N–H and O–H groups in total. The van der Waals surface area contributed by atoms with Crippen LogP contribution in [0, 0.1) is 5.92 Å². The summed E-state index contributed by atoms with van der Waals surface area (Å²) in [6.45, 7) is 7.41. The van der Waals surface area contributed by atoms with Crippen LogP contribution in [0.1, 0.15) is 31.0 Å². The summed E-state index contributed by atoms with van der Waals surface area (Å²) < 4.78 is 0. The van der Waals surface area contributed by atoms with Crippen LogP contribution in [-0.2, 0) is 6.54 Å². The summed E-state index contributed by atoms with van der Waals surface area (Å²) in [5, 5.41) is 2.73. The first-order valence-electron chi connectivity index (χ1n) is 7.15. The van der Waals surface area contributed by atoms with E-state index < -0.39 is 0 Å². The van der Waals surface area contributed by atoms with Crippen molar-refractivity contribution >= 4 is 10.8 Å². The van der Waals surface area contributed by atoms with E-state index in [4.69, 9.17) is 5.73 Å². The lowest BCUT2D eigenvalue weighted by molar-refractivity contribution is 0.196. The number of nitrogens with two attached hydrogens (primary N) is 1. The van der Waals surface area contributed by atoms with Crippen molar-refractivity contribution in [3.8, 4) is 0 Å². The van der Waals surface area contributed by atoms with Crippen LogP contribution in [0.5, 0.6) is 0 Å². The molecule has 1 atom stereocenters. The number of benzene rings is 2. The zero-order chi connectivity index (χ0) is 13.4. The van der Waals surface area contributed by atoms with Gasteiger partial charge in [0.05, 0.1) is 0 Å². The van der Waals surface area contributed by atoms with Crippen LogP contribution in [0.3, 0.4) is 0 Å². The van der Waals surface area contributed by atoms with Crippen LogP contribution >= 0.6 is 0 Å². The molecule has 0 saturated carbocycles. The molecule has 0 amide bonds. The normalized spacial score (nSPS) is 19.3. The van der Waals surface area contributed by atoms with Crippen molar-refractivity contribution in [1.29, 1.82) is 0 Å². The molecular weight excluding hydrogens is 232 g/mol. The number of nitrogens with zero attached hydrogens (tertiary/aromatic N) is 1. The van der Waals surface area contributed by atoms with Gasteiger partial charge in [-0.15, -0.1) is 0 Å². The van der Waals surface area contributed by atoms with Gasteiger partial charge >= 0.3 is 0 Å². The van der Waals surface area contributed by atoms with Crippen molar-refractivity contribution in [2.24, 2.45) is 11.7 Å². The molecule has 1 aliphatic heterocycles. The van der Waals surface area contributed by atoms with E-state index in [1.807, 2.05) is 0 Å². The third kappa shape index (κ3) is 2.15. The summed E-state index contributed by atoms with van der Waals surface area (Å²) in [7, 11) is 0. The van der Waals surface area contributed by atoms with E-state index in [1.54, 1.807) is 0 Å². The standard InChI is InChI=1S/C17H22N2/c1-12(2)10-19-11-16-14-6-4-3-5-13(14)7-8-15(16)17(19)9-18/h3-8,12,17H,9-11,18H2,1-2H3. The Kier molecular flexibility index (Phi) is 3.29. The summed E-state index contributed by atoms with van der Waals surface area (Å²) in [6.07, 6.45) is 0. The van der Waals surface area contributed by atoms with E-state index in [9.17, 15) is 0 Å². The minimum Gasteiger partial charge on any atom is -0.329 e. The van der Waals surface area contributed by atoms with E-state index in [0.29, 0.717) is 18.5 Å². The number of hydrogen-bond acceptors (Lipinski definition) is 2. The Morgan fingerprint density at radius 3 is 2.74 bits per heavy atom. The van der Waals surface area contributed by atoms with Crippen LogP contribution in [0.15, 0.2) is 36.4 Å². The van der Waals surface area contributed by atoms with Crippen LogP contribution in [0.25, 0.3) is 10.8 Å². The molecule has 0 saturated heterocycles. The second-order valence-electron chi connectivity index (χ2n) is 5.93. The highest BCUT2D eigenvalue weighted by atomic mass is 15.2. The smallest absolute Gasteiger partial charge is 0.0477 e. The van der Waals surface area contributed by atoms with Gasteiger partial charge < -0.3 is 5.73 Å². The quantitative estimate of drug-likeness (QED) is 0.910. The topological polar surface area (TPSA) is 29.3 Å². The van der Waals surface area contributed by atoms with Gasteiger partial charge in [0.15, 0.2) is 0 Å². The Labute approximate surface area is 115 Å². The van der Waals surface area contributed by atoms with Crippen molar-refractivity contribution in [3.63, 3.8) is 0 Å². The van der Waals surface area contributed by atoms with Gasteiger partial charge in [-0.3, -0.25) is 4.90 Å². The summed E-state index contributed by atoms with van der Waals surface area (Å²) in [5.74, 6) is 0.676. The number of hydrogen-bond donors (Lipinski definition) is 1. The van der Waals surface area contributed by atoms with Gasteiger partial charge in [0.1, 0.15) is 0 Å². The molecule has 0 aromatic heterocycles. The van der Waals surface area contributed by atoms with Gasteiger partial charge in [0, 0.05) is 25.7 Å². The summed E-state index contributed by atoms with van der Waals surface area (Å²) >= 11 is 0. The first-order chi connectivity index (χ1) is 9.20. The van der Waals surface area contributed by atoms with Crippen LogP contribution in [0.2, 0.25) is 0 Å². The van der Waals surface area contributed by atoms with Crippen LogP contribution in [-0.4, -0.2) is 18.0 Å². The highest BCUT2D eigenvalue weighted by molar-refractivity contribution is 5.87. The van der Waals surface area contributed by atoms with Crippen molar-refractivity contribution in [1.82, 2.24) is 4.90 Å². The zero-order valence-electron chi connectivity index (χ0n) is 11.8. The minimum atomic E-state index is 0.391. The first-order valence-corrected chi connectivity index (χ1v) is 7.15. The Bertz CT molecular complexity index is 589. The van der Waals surface area contributed by atoms with Crippen LogP contribution < -0.4 is 5.73 Å². The molecule has 3 rings (SSSR count). The largest absolute Gasteiger partial charge is 0.329 e. The fourth-order valence-electron chi connectivity index (χ4n) is 3.29. The fourth-order valence-corrected chi connectivity index (χ4v) is 3.29. The molecule has 19 heavy (non-hydrogen) atoms. The maximum atomic E-state index is 6.02. The zero-order valence-corrected chi connectivity index (χ0v) is 11.8. The lowest BCUT2D eigenvalue weighted by Gasteiger charge is -2.25. The molecule has 0 radical (unpaired) electrons. The summed E-state index contributed by atoms with van der Waals surface area (Å²) in [4.78, 5) is 2.53. The third-order valence-electron chi connectivity index (χ3n) is 4.06. The molecule has 100 valence electrons. The van der Waals surface area contributed by atoms with Gasteiger partial charge in [-0.1, -0.05) is 50.2 Å². The molecule has 0 bridgehead atoms. The second kappa shape index (κ2) is 4.95. The van der Waals surface area contributed by atoms with E-state index in [0.717, 1.165) is 13.1 Å². The third-order valence-corrected chi connectivity index (χ3v) is 4.06. The molecule has 2 aromatic carbocycles. The summed E-state index contributed by atoms with van der Waals surface area (Å²) in [5.41, 5.74) is 8.93. The first kappa shape index (κ1) is 12.6. The van der Waals surface area contributed by atoms with E-state index in [-0.39, 0.29) is 0 Å². The predicted octanol–water partition coefficient (Wildman–Crippen LogP) is 3.31. The SMILES string of the molecule is CC(C)CN1Cc2c(ccc3ccccc23)C1CN. The van der Waals surface area contributed by atoms with Gasteiger partial charge in [-0.25, -0.2) is 0 Å². The fraction of sp³-hybridized carbons (Fsp3) is 0.412. The minimum absolute atomic E-state index is 0.391. The molecule has 2 aromatic rings. The molecule has 0 fully saturated rings. The van der Waals surface area contributed by atoms with Crippen molar-refractivity contribution in [2.45, 2.75) is 26.4 Å². The highest BCUT2D eigenvalue weighted by Crippen LogP contribution is 2.37. The molecular formula is C17H22N2. The van der Waals surface area contributed by atoms with Crippen LogP contribution in [0.4, 0.5) is 0 Å². The molecule has 1 aliphatic rings. The predicted molar refractivity (Wildman–Crippen MR) is 81.0 cm³/mol. The summed E-state index contributed by atoms with van der Waals surface area (Å²) in [6, 6.07) is 13.6. The van der Waals surface area contributed by atoms with Gasteiger partial charge in [0.25, 0.3) is 0 Å². The lowest BCUT2D eigenvalue weighted by atomic mass is 9.98. The maximum Gasteiger partial charge on any atom is 0.0477 e. The average Bonchev–Trinajstić information content (AvgIpc) is 2.75. The Balaban J connectivity index is 2.07. The Hall–Kier alpha value is -1.38. The number of fused-ring (bicyclic) bond motifs is 3. The molecule has 1 heterocycles. The molecule has 0 spiro atoms. The van der Waals surface area contributed by atoms with Gasteiger partial charge in [-0.2, -0.15) is 0 Å². The van der Waals surface area contributed by atoms with Crippen molar-refractivity contribution in [2.75, 3.05) is 13.1 Å².